The molecule has 8 rings (SSSR count). The second kappa shape index (κ2) is 14.3. The molecule has 0 radical (unpaired) electrons. The maximum absolute atomic E-state index is 13.3. The number of hydrogen-bond donors (Lipinski definition) is 0. The van der Waals surface area contributed by atoms with Gasteiger partial charge in [-0.1, -0.05) is 70.7 Å². The van der Waals surface area contributed by atoms with E-state index < -0.39 is 11.9 Å². The van der Waals surface area contributed by atoms with E-state index in [-0.39, 0.29) is 33.2 Å². The van der Waals surface area contributed by atoms with Crippen LogP contribution in [0.15, 0.2) is 79.4 Å². The Morgan fingerprint density at radius 3 is 1.20 bits per heavy atom. The highest BCUT2D eigenvalue weighted by molar-refractivity contribution is 6.13. The first-order valence-corrected chi connectivity index (χ1v) is 19.5. The highest BCUT2D eigenvalue weighted by Crippen LogP contribution is 2.60. The number of fused-ring (bicyclic) bond motifs is 4. The normalized spacial score (nSPS) is 18.2. The summed E-state index contributed by atoms with van der Waals surface area (Å²) in [6.07, 6.45) is 11.9. The van der Waals surface area contributed by atoms with Gasteiger partial charge in [-0.05, 0) is 143 Å². The zero-order chi connectivity index (χ0) is 40.2. The van der Waals surface area contributed by atoms with Gasteiger partial charge in [0.2, 0.25) is 0 Å². The van der Waals surface area contributed by atoms with Gasteiger partial charge in [-0.3, -0.25) is 14.4 Å². The van der Waals surface area contributed by atoms with Crippen molar-refractivity contribution in [2.75, 3.05) is 14.2 Å². The molecule has 0 saturated heterocycles. The van der Waals surface area contributed by atoms with E-state index in [1.165, 1.54) is 62.2 Å². The number of benzene rings is 4. The topological polar surface area (TPSA) is 104 Å². The predicted molar refractivity (Wildman–Crippen MR) is 217 cm³/mol. The molecule has 0 bridgehead atoms. The monoisotopic (exact) mass is 750 g/mol. The van der Waals surface area contributed by atoms with Gasteiger partial charge in [0, 0.05) is 27.8 Å². The van der Waals surface area contributed by atoms with Gasteiger partial charge in [0.25, 0.3) is 0 Å². The van der Waals surface area contributed by atoms with Gasteiger partial charge in [0.1, 0.15) is 0 Å². The van der Waals surface area contributed by atoms with Crippen LogP contribution in [0, 0.1) is 0 Å². The van der Waals surface area contributed by atoms with E-state index in [1.54, 1.807) is 54.6 Å². The Hall–Kier alpha value is -5.43. The molecule has 7 nitrogen and oxygen atoms in total. The predicted octanol–water partition coefficient (Wildman–Crippen LogP) is 10.1. The fourth-order valence-electron chi connectivity index (χ4n) is 8.93. The number of ether oxygens (including phenoxy) is 2. The number of esters is 2. The molecule has 4 aromatic rings. The van der Waals surface area contributed by atoms with Gasteiger partial charge in [0.05, 0.1) is 25.3 Å². The molecule has 4 aliphatic rings. The van der Waals surface area contributed by atoms with Crippen LogP contribution >= 0.6 is 0 Å². The van der Waals surface area contributed by atoms with Crippen molar-refractivity contribution in [3.63, 3.8) is 0 Å². The summed E-state index contributed by atoms with van der Waals surface area (Å²) in [5.74, 6) is -1.08. The summed E-state index contributed by atoms with van der Waals surface area (Å²) >= 11 is 0. The van der Waals surface area contributed by atoms with Crippen molar-refractivity contribution in [1.29, 1.82) is 0 Å². The van der Waals surface area contributed by atoms with Crippen molar-refractivity contribution < 1.29 is 33.4 Å². The standard InChI is InChI=1S/C25H26O3.C24H24O4/c1-5-16-14-20-21(25(12-13-25)11-10-24(20,2)3)15-19(16)22(26)17-6-8-18(9-7-17)23(27)28-4;1-23(2)8-9-24(10-11-24)20-13-18(17(14-25)12-19(20)23)21(26)15-4-6-16(7-5-15)22(27)28-3/h5-9,14-15H,1,10-13H2,2-4H3;4-7,12-14H,8-11H2,1-3H3. The quantitative estimate of drug-likeness (QED) is 0.100. The van der Waals surface area contributed by atoms with Gasteiger partial charge in [-0.15, -0.1) is 0 Å². The highest BCUT2D eigenvalue weighted by atomic mass is 16.5. The Morgan fingerprint density at radius 2 is 0.857 bits per heavy atom. The van der Waals surface area contributed by atoms with E-state index in [1.807, 2.05) is 12.1 Å². The minimum absolute atomic E-state index is 0.00464. The summed E-state index contributed by atoms with van der Waals surface area (Å²) in [5, 5.41) is 0. The molecule has 2 saturated carbocycles. The van der Waals surface area contributed by atoms with Crippen LogP contribution in [-0.2, 0) is 31.1 Å². The largest absolute Gasteiger partial charge is 0.465 e. The Kier molecular flexibility index (Phi) is 9.88. The molecule has 4 aliphatic carbocycles. The molecule has 0 unspecified atom stereocenters. The molecule has 2 fully saturated rings. The molecule has 4 aromatic carbocycles. The number of rotatable bonds is 8. The number of methoxy groups -OCH3 is 2. The van der Waals surface area contributed by atoms with Crippen LogP contribution in [-0.4, -0.2) is 44.0 Å². The van der Waals surface area contributed by atoms with Crippen LogP contribution in [0.5, 0.6) is 0 Å². The molecule has 0 atom stereocenters. The Morgan fingerprint density at radius 1 is 0.518 bits per heavy atom. The lowest BCUT2D eigenvalue weighted by Gasteiger charge is -2.38. The van der Waals surface area contributed by atoms with E-state index in [4.69, 9.17) is 9.47 Å². The maximum Gasteiger partial charge on any atom is 0.337 e. The maximum atomic E-state index is 13.3. The fourth-order valence-corrected chi connectivity index (χ4v) is 8.93. The molecule has 0 aromatic heterocycles. The third-order valence-electron chi connectivity index (χ3n) is 13.1. The van der Waals surface area contributed by atoms with Crippen LogP contribution in [0.2, 0.25) is 0 Å². The highest BCUT2D eigenvalue weighted by Gasteiger charge is 2.52. The summed E-state index contributed by atoms with van der Waals surface area (Å²) in [7, 11) is 2.67. The van der Waals surface area contributed by atoms with Crippen molar-refractivity contribution in [1.82, 2.24) is 0 Å². The number of hydrogen-bond acceptors (Lipinski definition) is 7. The van der Waals surface area contributed by atoms with Gasteiger partial charge in [-0.25, -0.2) is 9.59 Å². The van der Waals surface area contributed by atoms with Gasteiger partial charge < -0.3 is 9.47 Å². The average molecular weight is 751 g/mol. The molecule has 2 spiro atoms. The smallest absolute Gasteiger partial charge is 0.337 e. The lowest BCUT2D eigenvalue weighted by atomic mass is 9.66. The molecule has 0 aliphatic heterocycles. The third-order valence-corrected chi connectivity index (χ3v) is 13.1. The molecule has 56 heavy (non-hydrogen) atoms. The van der Waals surface area contributed by atoms with Crippen LogP contribution in [0.3, 0.4) is 0 Å². The molecular weight excluding hydrogens is 701 g/mol. The minimum Gasteiger partial charge on any atom is -0.465 e. The molecule has 0 N–H and O–H groups in total. The van der Waals surface area contributed by atoms with E-state index in [2.05, 4.69) is 46.4 Å². The summed E-state index contributed by atoms with van der Waals surface area (Å²) in [6, 6.07) is 21.2. The van der Waals surface area contributed by atoms with Crippen LogP contribution in [0.25, 0.3) is 6.08 Å². The van der Waals surface area contributed by atoms with Gasteiger partial charge >= 0.3 is 11.9 Å². The van der Waals surface area contributed by atoms with Crippen molar-refractivity contribution in [2.45, 2.75) is 101 Å². The molecular formula is C49H50O7. The Bertz CT molecular complexity index is 2120. The number of carbonyl (C=O) groups excluding carboxylic acids is 5. The van der Waals surface area contributed by atoms with Crippen LogP contribution in [0.1, 0.15) is 170 Å². The van der Waals surface area contributed by atoms with Gasteiger partial charge in [0.15, 0.2) is 17.9 Å². The number of ketones is 2. The molecule has 0 heterocycles. The first-order chi connectivity index (χ1) is 26.6. The van der Waals surface area contributed by atoms with E-state index in [0.29, 0.717) is 38.9 Å². The van der Waals surface area contributed by atoms with Crippen molar-refractivity contribution in [3.8, 4) is 0 Å². The van der Waals surface area contributed by atoms with E-state index in [9.17, 15) is 24.0 Å². The van der Waals surface area contributed by atoms with E-state index in [0.717, 1.165) is 37.5 Å². The van der Waals surface area contributed by atoms with Crippen molar-refractivity contribution >= 4 is 35.9 Å². The van der Waals surface area contributed by atoms with Crippen LogP contribution < -0.4 is 0 Å². The second-order valence-corrected chi connectivity index (χ2v) is 17.4. The third kappa shape index (κ3) is 6.86. The summed E-state index contributed by atoms with van der Waals surface area (Å²) in [4.78, 5) is 61.5. The number of carbonyl (C=O) groups is 5. The molecule has 288 valence electrons. The van der Waals surface area contributed by atoms with Crippen LogP contribution in [0.4, 0.5) is 0 Å². The molecule has 7 heteroatoms. The van der Waals surface area contributed by atoms with Crippen molar-refractivity contribution in [2.24, 2.45) is 0 Å². The zero-order valence-electron chi connectivity index (χ0n) is 33.3. The Labute approximate surface area is 329 Å². The lowest BCUT2D eigenvalue weighted by Crippen LogP contribution is -2.30. The first kappa shape index (κ1) is 38.8. The summed E-state index contributed by atoms with van der Waals surface area (Å²) in [5.41, 5.74) is 10.1. The lowest BCUT2D eigenvalue weighted by molar-refractivity contribution is 0.0592. The summed E-state index contributed by atoms with van der Waals surface area (Å²) in [6.45, 7) is 13.0. The van der Waals surface area contributed by atoms with E-state index >= 15 is 0 Å². The SMILES string of the molecule is C=Cc1cc2c(cc1C(=O)c1ccc(C(=O)OC)cc1)C1(CCC2(C)C)CC1.COC(=O)c1ccc(C(=O)c2cc3c(cc2C=O)C(C)(C)CCC32CC2)cc1. The average Bonchev–Trinajstić information content (AvgIpc) is 4.17. The fraction of sp³-hybridized carbons (Fsp3) is 0.367. The summed E-state index contributed by atoms with van der Waals surface area (Å²) < 4.78 is 9.43. The second-order valence-electron chi connectivity index (χ2n) is 17.4. The molecule has 0 amide bonds. The Balaban J connectivity index is 0.000000172. The van der Waals surface area contributed by atoms with Gasteiger partial charge in [-0.2, -0.15) is 0 Å². The minimum atomic E-state index is -0.445. The number of aldehydes is 1. The first-order valence-electron chi connectivity index (χ1n) is 19.5. The van der Waals surface area contributed by atoms with Crippen molar-refractivity contribution in [3.05, 3.63) is 146 Å². The zero-order valence-corrected chi connectivity index (χ0v) is 33.3.